The minimum Gasteiger partial charge on any atom is -0.475 e. The van der Waals surface area contributed by atoms with Crippen LogP contribution < -0.4 is 0 Å². The average Bonchev–Trinajstić information content (AvgIpc) is 2.97. The van der Waals surface area contributed by atoms with E-state index in [-0.39, 0.29) is 10.6 Å². The van der Waals surface area contributed by atoms with E-state index in [0.29, 0.717) is 3.97 Å². The zero-order chi connectivity index (χ0) is 17.2. The van der Waals surface area contributed by atoms with Crippen molar-refractivity contribution in [3.05, 3.63) is 54.1 Å². The number of aromatic nitrogens is 1. The number of halogens is 1. The van der Waals surface area contributed by atoms with Gasteiger partial charge in [0.25, 0.3) is 10.0 Å². The van der Waals surface area contributed by atoms with Crippen LogP contribution in [0.2, 0.25) is 0 Å². The summed E-state index contributed by atoms with van der Waals surface area (Å²) < 4.78 is 38.4. The molecule has 0 atom stereocenters. The molecule has 1 N–H and O–H groups in total. The van der Waals surface area contributed by atoms with Gasteiger partial charge in [0.2, 0.25) is 5.78 Å². The Labute approximate surface area is 130 Å². The number of ketones is 2. The van der Waals surface area contributed by atoms with Gasteiger partial charge in [-0.2, -0.15) is 0 Å². The number of hydrogen-bond acceptors (Lipinski definition) is 5. The molecule has 0 bridgehead atoms. The third kappa shape index (κ3) is 3.34. The normalized spacial score (nSPS) is 11.2. The fraction of sp³-hybridized carbons (Fsp3) is 0.0714. The summed E-state index contributed by atoms with van der Waals surface area (Å²) in [5.74, 6) is -4.70. The maximum atomic E-state index is 12.9. The summed E-state index contributed by atoms with van der Waals surface area (Å²) in [4.78, 5) is 33.3. The van der Waals surface area contributed by atoms with Gasteiger partial charge >= 0.3 is 5.97 Å². The number of Topliss-reactive ketones (excluding diaryl/α,β-unsaturated/α-hetero) is 2. The second kappa shape index (κ2) is 6.13. The molecular weight excluding hydrogens is 329 g/mol. The van der Waals surface area contributed by atoms with E-state index in [1.807, 2.05) is 0 Å². The monoisotopic (exact) mass is 339 g/mol. The van der Waals surface area contributed by atoms with Gasteiger partial charge in [-0.1, -0.05) is 0 Å². The van der Waals surface area contributed by atoms with Crippen LogP contribution in [0.25, 0.3) is 0 Å². The van der Waals surface area contributed by atoms with Gasteiger partial charge in [0, 0.05) is 6.20 Å². The van der Waals surface area contributed by atoms with Crippen LogP contribution in [0.1, 0.15) is 16.9 Å². The number of nitrogens with zero attached hydrogens (tertiary/aromatic N) is 1. The van der Waals surface area contributed by atoms with Crippen molar-refractivity contribution in [2.45, 2.75) is 11.3 Å². The lowest BCUT2D eigenvalue weighted by molar-refractivity contribution is -0.148. The van der Waals surface area contributed by atoms with E-state index in [9.17, 15) is 27.2 Å². The van der Waals surface area contributed by atoms with Gasteiger partial charge in [-0.25, -0.2) is 21.6 Å². The predicted molar refractivity (Wildman–Crippen MR) is 75.0 cm³/mol. The van der Waals surface area contributed by atoms with Gasteiger partial charge in [0.15, 0.2) is 5.78 Å². The summed E-state index contributed by atoms with van der Waals surface area (Å²) >= 11 is 0. The van der Waals surface area contributed by atoms with Crippen LogP contribution >= 0.6 is 0 Å². The Morgan fingerprint density at radius 3 is 2.26 bits per heavy atom. The molecule has 0 fully saturated rings. The molecular formula is C14H10FNO6S. The van der Waals surface area contributed by atoms with E-state index in [1.54, 1.807) is 0 Å². The summed E-state index contributed by atoms with van der Waals surface area (Å²) in [6.07, 6.45) is 0.120. The lowest BCUT2D eigenvalue weighted by Gasteiger charge is -2.09. The maximum absolute atomic E-state index is 12.9. The molecule has 0 aliphatic rings. The van der Waals surface area contributed by atoms with E-state index < -0.39 is 39.8 Å². The average molecular weight is 339 g/mol. The lowest BCUT2D eigenvalue weighted by atomic mass is 10.1. The summed E-state index contributed by atoms with van der Waals surface area (Å²) in [6.45, 7) is 0. The van der Waals surface area contributed by atoms with Crippen LogP contribution in [-0.4, -0.2) is 35.0 Å². The minimum absolute atomic E-state index is 0.256. The summed E-state index contributed by atoms with van der Waals surface area (Å²) in [6, 6.07) is 6.37. The van der Waals surface area contributed by atoms with Crippen molar-refractivity contribution in [1.82, 2.24) is 3.97 Å². The lowest BCUT2D eigenvalue weighted by Crippen LogP contribution is -2.22. The first-order valence-electron chi connectivity index (χ1n) is 6.21. The number of rotatable bonds is 6. The Morgan fingerprint density at radius 2 is 1.70 bits per heavy atom. The molecule has 0 aliphatic heterocycles. The van der Waals surface area contributed by atoms with Crippen LogP contribution in [0.3, 0.4) is 0 Å². The topological polar surface area (TPSA) is 111 Å². The molecule has 1 aromatic carbocycles. The largest absolute Gasteiger partial charge is 0.475 e. The number of carboxylic acid groups (broad SMARTS) is 1. The molecule has 2 aromatic rings. The number of carbonyl (C=O) groups excluding carboxylic acids is 2. The number of benzene rings is 1. The smallest absolute Gasteiger partial charge is 0.372 e. The highest BCUT2D eigenvalue weighted by Crippen LogP contribution is 2.18. The van der Waals surface area contributed by atoms with Crippen LogP contribution in [-0.2, 0) is 19.6 Å². The maximum Gasteiger partial charge on any atom is 0.372 e. The van der Waals surface area contributed by atoms with E-state index in [1.165, 1.54) is 6.07 Å². The van der Waals surface area contributed by atoms with Crippen LogP contribution in [0.5, 0.6) is 0 Å². The van der Waals surface area contributed by atoms with Crippen molar-refractivity contribution in [3.8, 4) is 0 Å². The highest BCUT2D eigenvalue weighted by atomic mass is 32.2. The van der Waals surface area contributed by atoms with E-state index in [2.05, 4.69) is 0 Å². The Kier molecular flexibility index (Phi) is 4.41. The zero-order valence-corrected chi connectivity index (χ0v) is 12.3. The van der Waals surface area contributed by atoms with Crippen molar-refractivity contribution in [2.24, 2.45) is 0 Å². The molecule has 1 aromatic heterocycles. The number of aliphatic carboxylic acids is 1. The van der Waals surface area contributed by atoms with Crippen LogP contribution in [0.15, 0.2) is 47.5 Å². The standard InChI is InChI=1S/C14H10FNO6S/c15-9-3-5-10(6-4-9)23(21,22)16-7-1-2-11(16)12(17)8-13(18)14(19)20/h1-7H,8H2,(H,19,20). The van der Waals surface area contributed by atoms with Crippen molar-refractivity contribution in [1.29, 1.82) is 0 Å². The molecule has 1 heterocycles. The van der Waals surface area contributed by atoms with Gasteiger partial charge in [0.05, 0.1) is 11.3 Å². The zero-order valence-electron chi connectivity index (χ0n) is 11.5. The molecule has 0 unspecified atom stereocenters. The fourth-order valence-electron chi connectivity index (χ4n) is 1.82. The Morgan fingerprint density at radius 1 is 1.09 bits per heavy atom. The second-order valence-electron chi connectivity index (χ2n) is 4.48. The third-order valence-electron chi connectivity index (χ3n) is 2.93. The molecule has 2 rings (SSSR count). The number of hydrogen-bond donors (Lipinski definition) is 1. The van der Waals surface area contributed by atoms with E-state index in [4.69, 9.17) is 5.11 Å². The molecule has 0 aliphatic carbocycles. The number of carbonyl (C=O) groups is 3. The molecule has 0 radical (unpaired) electrons. The molecule has 0 saturated carbocycles. The first-order chi connectivity index (χ1) is 10.7. The molecule has 0 amide bonds. The van der Waals surface area contributed by atoms with Crippen molar-refractivity contribution < 1.29 is 32.3 Å². The van der Waals surface area contributed by atoms with E-state index >= 15 is 0 Å². The predicted octanol–water partition coefficient (Wildman–Crippen LogP) is 1.09. The summed E-state index contributed by atoms with van der Waals surface area (Å²) in [5.41, 5.74) is -0.357. The quantitative estimate of drug-likeness (QED) is 0.479. The molecule has 120 valence electrons. The van der Waals surface area contributed by atoms with Crippen molar-refractivity contribution in [2.75, 3.05) is 0 Å². The molecule has 0 saturated heterocycles. The van der Waals surface area contributed by atoms with Crippen LogP contribution in [0, 0.1) is 5.82 Å². The Hall–Kier alpha value is -2.81. The van der Waals surface area contributed by atoms with Gasteiger partial charge in [-0.15, -0.1) is 0 Å². The number of carboxylic acids is 1. The van der Waals surface area contributed by atoms with Crippen molar-refractivity contribution >= 4 is 27.6 Å². The first-order valence-corrected chi connectivity index (χ1v) is 7.65. The van der Waals surface area contributed by atoms with Crippen molar-refractivity contribution in [3.63, 3.8) is 0 Å². The Bertz CT molecular complexity index is 882. The van der Waals surface area contributed by atoms with Gasteiger partial charge < -0.3 is 5.11 Å². The summed E-state index contributed by atoms with van der Waals surface area (Å²) in [5, 5.41) is 8.50. The SMILES string of the molecule is O=C(O)C(=O)CC(=O)c1cccn1S(=O)(=O)c1ccc(F)cc1. The van der Waals surface area contributed by atoms with E-state index in [0.717, 1.165) is 36.5 Å². The summed E-state index contributed by atoms with van der Waals surface area (Å²) in [7, 11) is -4.17. The first kappa shape index (κ1) is 16.6. The second-order valence-corrected chi connectivity index (χ2v) is 6.29. The van der Waals surface area contributed by atoms with Gasteiger partial charge in [-0.3, -0.25) is 9.59 Å². The Balaban J connectivity index is 2.40. The highest BCUT2D eigenvalue weighted by Gasteiger charge is 2.25. The fourth-order valence-corrected chi connectivity index (χ4v) is 3.18. The third-order valence-corrected chi connectivity index (χ3v) is 4.63. The molecule has 0 spiro atoms. The van der Waals surface area contributed by atoms with Gasteiger partial charge in [0.1, 0.15) is 11.5 Å². The molecule has 9 heteroatoms. The highest BCUT2D eigenvalue weighted by molar-refractivity contribution is 7.90. The van der Waals surface area contributed by atoms with Gasteiger partial charge in [-0.05, 0) is 36.4 Å². The minimum atomic E-state index is -4.17. The molecule has 7 nitrogen and oxygen atoms in total. The van der Waals surface area contributed by atoms with Crippen LogP contribution in [0.4, 0.5) is 4.39 Å². The molecule has 23 heavy (non-hydrogen) atoms.